The van der Waals surface area contributed by atoms with Gasteiger partial charge in [0.15, 0.2) is 0 Å². The van der Waals surface area contributed by atoms with Crippen LogP contribution in [-0.4, -0.2) is 17.0 Å². The van der Waals surface area contributed by atoms with Gasteiger partial charge in [0, 0.05) is 5.56 Å². The monoisotopic (exact) mass is 283 g/mol. The zero-order valence-electron chi connectivity index (χ0n) is 12.2. The van der Waals surface area contributed by atoms with Crippen LogP contribution in [0.2, 0.25) is 0 Å². The zero-order chi connectivity index (χ0) is 15.6. The van der Waals surface area contributed by atoms with Gasteiger partial charge >= 0.3 is 5.97 Å². The maximum atomic E-state index is 12.4. The van der Waals surface area contributed by atoms with Crippen molar-refractivity contribution >= 4 is 17.6 Å². The van der Waals surface area contributed by atoms with Crippen molar-refractivity contribution in [3.63, 3.8) is 0 Å². The van der Waals surface area contributed by atoms with Crippen LogP contribution in [0.3, 0.4) is 0 Å². The van der Waals surface area contributed by atoms with Gasteiger partial charge in [0.05, 0.1) is 11.3 Å². The van der Waals surface area contributed by atoms with Crippen LogP contribution in [0.15, 0.2) is 36.4 Å². The van der Waals surface area contributed by atoms with Crippen LogP contribution in [-0.2, 0) is 0 Å². The van der Waals surface area contributed by atoms with Gasteiger partial charge in [-0.15, -0.1) is 0 Å². The van der Waals surface area contributed by atoms with Gasteiger partial charge in [-0.25, -0.2) is 4.79 Å². The summed E-state index contributed by atoms with van der Waals surface area (Å²) in [7, 11) is 0. The van der Waals surface area contributed by atoms with Gasteiger partial charge in [-0.1, -0.05) is 29.8 Å². The Kier molecular flexibility index (Phi) is 4.08. The topological polar surface area (TPSA) is 66.4 Å². The van der Waals surface area contributed by atoms with E-state index in [0.29, 0.717) is 16.8 Å². The standard InChI is InChI=1S/C17H17NO3/c1-10-7-8-11(2)13(9-10)16(19)18-14-6-4-5-12(3)15(14)17(20)21/h4-9H,1-3H3,(H,18,19)(H,20,21). The smallest absolute Gasteiger partial charge is 0.338 e. The van der Waals surface area contributed by atoms with Gasteiger partial charge in [-0.05, 0) is 44.0 Å². The molecule has 2 N–H and O–H groups in total. The van der Waals surface area contributed by atoms with Crippen LogP contribution in [0.25, 0.3) is 0 Å². The molecule has 0 unspecified atom stereocenters. The predicted octanol–water partition coefficient (Wildman–Crippen LogP) is 3.56. The first kappa shape index (κ1) is 14.8. The Balaban J connectivity index is 2.39. The molecular formula is C17H17NO3. The average Bonchev–Trinajstić information content (AvgIpc) is 2.41. The van der Waals surface area contributed by atoms with Crippen molar-refractivity contribution in [3.8, 4) is 0 Å². The molecule has 0 aromatic heterocycles. The van der Waals surface area contributed by atoms with Gasteiger partial charge in [-0.3, -0.25) is 4.79 Å². The quantitative estimate of drug-likeness (QED) is 0.905. The van der Waals surface area contributed by atoms with Crippen molar-refractivity contribution in [1.29, 1.82) is 0 Å². The molecule has 0 spiro atoms. The third-order valence-corrected chi connectivity index (χ3v) is 3.37. The number of hydrogen-bond acceptors (Lipinski definition) is 2. The number of rotatable bonds is 3. The highest BCUT2D eigenvalue weighted by molar-refractivity contribution is 6.08. The second-order valence-electron chi connectivity index (χ2n) is 5.08. The highest BCUT2D eigenvalue weighted by Crippen LogP contribution is 2.21. The Morgan fingerprint density at radius 2 is 1.71 bits per heavy atom. The van der Waals surface area contributed by atoms with Gasteiger partial charge in [0.25, 0.3) is 5.91 Å². The molecule has 0 fully saturated rings. The zero-order valence-corrected chi connectivity index (χ0v) is 12.2. The maximum absolute atomic E-state index is 12.4. The van der Waals surface area contributed by atoms with Crippen LogP contribution in [0.1, 0.15) is 37.4 Å². The third kappa shape index (κ3) is 3.11. The minimum atomic E-state index is -1.05. The normalized spacial score (nSPS) is 10.2. The van der Waals surface area contributed by atoms with E-state index in [1.807, 2.05) is 26.0 Å². The Morgan fingerprint density at radius 1 is 1.00 bits per heavy atom. The summed E-state index contributed by atoms with van der Waals surface area (Å²) in [5.41, 5.74) is 3.43. The molecule has 0 saturated carbocycles. The number of nitrogens with one attached hydrogen (secondary N) is 1. The Hall–Kier alpha value is -2.62. The number of hydrogen-bond donors (Lipinski definition) is 2. The summed E-state index contributed by atoms with van der Waals surface area (Å²) in [4.78, 5) is 23.7. The van der Waals surface area contributed by atoms with E-state index in [4.69, 9.17) is 0 Å². The maximum Gasteiger partial charge on any atom is 0.338 e. The molecule has 4 heteroatoms. The molecule has 21 heavy (non-hydrogen) atoms. The molecule has 2 aromatic carbocycles. The summed E-state index contributed by atoms with van der Waals surface area (Å²) in [6.45, 7) is 5.46. The SMILES string of the molecule is Cc1ccc(C)c(C(=O)Nc2cccc(C)c2C(=O)O)c1. The number of benzene rings is 2. The van der Waals surface area contributed by atoms with E-state index in [2.05, 4.69) is 5.32 Å². The Morgan fingerprint density at radius 3 is 2.38 bits per heavy atom. The molecule has 2 rings (SSSR count). The summed E-state index contributed by atoms with van der Waals surface area (Å²) in [6.07, 6.45) is 0. The van der Waals surface area contributed by atoms with E-state index < -0.39 is 5.97 Å². The summed E-state index contributed by atoms with van der Waals surface area (Å²) in [6, 6.07) is 10.6. The van der Waals surface area contributed by atoms with Gasteiger partial charge in [0.2, 0.25) is 0 Å². The van der Waals surface area contributed by atoms with Gasteiger partial charge < -0.3 is 10.4 Å². The number of anilines is 1. The van der Waals surface area contributed by atoms with Crippen molar-refractivity contribution in [2.75, 3.05) is 5.32 Å². The first-order chi connectivity index (χ1) is 9.90. The minimum absolute atomic E-state index is 0.121. The number of carboxylic acids is 1. The first-order valence-electron chi connectivity index (χ1n) is 6.61. The van der Waals surface area contributed by atoms with Crippen molar-refractivity contribution in [1.82, 2.24) is 0 Å². The van der Waals surface area contributed by atoms with E-state index >= 15 is 0 Å². The van der Waals surface area contributed by atoms with Crippen LogP contribution < -0.4 is 5.32 Å². The van der Waals surface area contributed by atoms with Crippen molar-refractivity contribution in [2.24, 2.45) is 0 Å². The lowest BCUT2D eigenvalue weighted by molar-refractivity contribution is 0.0697. The van der Waals surface area contributed by atoms with Crippen LogP contribution in [0.5, 0.6) is 0 Å². The van der Waals surface area contributed by atoms with E-state index in [-0.39, 0.29) is 11.5 Å². The Bertz CT molecular complexity index is 720. The lowest BCUT2D eigenvalue weighted by Crippen LogP contribution is -2.16. The summed E-state index contributed by atoms with van der Waals surface area (Å²) in [5.74, 6) is -1.35. The van der Waals surface area contributed by atoms with Crippen LogP contribution >= 0.6 is 0 Å². The molecule has 0 heterocycles. The highest BCUT2D eigenvalue weighted by Gasteiger charge is 2.16. The van der Waals surface area contributed by atoms with Gasteiger partial charge in [0.1, 0.15) is 0 Å². The second kappa shape index (κ2) is 5.79. The van der Waals surface area contributed by atoms with Gasteiger partial charge in [-0.2, -0.15) is 0 Å². The molecule has 0 aliphatic heterocycles. The van der Waals surface area contributed by atoms with E-state index in [1.165, 1.54) is 0 Å². The average molecular weight is 283 g/mol. The largest absolute Gasteiger partial charge is 0.478 e. The second-order valence-corrected chi connectivity index (χ2v) is 5.08. The molecular weight excluding hydrogens is 266 g/mol. The fourth-order valence-electron chi connectivity index (χ4n) is 2.23. The fraction of sp³-hybridized carbons (Fsp3) is 0.176. The highest BCUT2D eigenvalue weighted by atomic mass is 16.4. The summed E-state index contributed by atoms with van der Waals surface area (Å²) in [5, 5.41) is 12.0. The molecule has 0 radical (unpaired) electrons. The molecule has 0 bridgehead atoms. The fourth-order valence-corrected chi connectivity index (χ4v) is 2.23. The number of aryl methyl sites for hydroxylation is 3. The molecule has 0 atom stereocenters. The van der Waals surface area contributed by atoms with Crippen LogP contribution in [0.4, 0.5) is 5.69 Å². The molecule has 4 nitrogen and oxygen atoms in total. The molecule has 0 saturated heterocycles. The van der Waals surface area contributed by atoms with E-state index in [9.17, 15) is 14.7 Å². The number of aromatic carboxylic acids is 1. The van der Waals surface area contributed by atoms with Crippen LogP contribution in [0, 0.1) is 20.8 Å². The number of carbonyl (C=O) groups is 2. The lowest BCUT2D eigenvalue weighted by atomic mass is 10.0. The molecule has 2 aromatic rings. The number of carboxylic acid groups (broad SMARTS) is 1. The molecule has 108 valence electrons. The molecule has 0 aliphatic carbocycles. The summed E-state index contributed by atoms with van der Waals surface area (Å²) >= 11 is 0. The number of carbonyl (C=O) groups excluding carboxylic acids is 1. The van der Waals surface area contributed by atoms with Crippen molar-refractivity contribution in [3.05, 3.63) is 64.2 Å². The van der Waals surface area contributed by atoms with Crippen molar-refractivity contribution in [2.45, 2.75) is 20.8 Å². The summed E-state index contributed by atoms with van der Waals surface area (Å²) < 4.78 is 0. The first-order valence-corrected chi connectivity index (χ1v) is 6.61. The number of amides is 1. The van der Waals surface area contributed by atoms with E-state index in [0.717, 1.165) is 11.1 Å². The molecule has 0 aliphatic rings. The lowest BCUT2D eigenvalue weighted by Gasteiger charge is -2.12. The minimum Gasteiger partial charge on any atom is -0.478 e. The molecule has 1 amide bonds. The Labute approximate surface area is 123 Å². The predicted molar refractivity (Wildman–Crippen MR) is 82.0 cm³/mol. The third-order valence-electron chi connectivity index (χ3n) is 3.37. The van der Waals surface area contributed by atoms with Crippen molar-refractivity contribution < 1.29 is 14.7 Å². The van der Waals surface area contributed by atoms with E-state index in [1.54, 1.807) is 31.2 Å².